The molecule has 0 fully saturated rings. The first-order chi connectivity index (χ1) is 15.9. The fourth-order valence-corrected chi connectivity index (χ4v) is 4.29. The second-order valence-electron chi connectivity index (χ2n) is 8.60. The van der Waals surface area contributed by atoms with Crippen LogP contribution in [0.3, 0.4) is 0 Å². The molecule has 0 spiro atoms. The molecular formula is C24H23F5N2O2S. The van der Waals surface area contributed by atoms with Crippen molar-refractivity contribution in [2.45, 2.75) is 62.3 Å². The van der Waals surface area contributed by atoms with Crippen LogP contribution in [0.15, 0.2) is 40.1 Å². The van der Waals surface area contributed by atoms with Gasteiger partial charge in [0.05, 0.1) is 26.9 Å². The quantitative estimate of drug-likeness (QED) is 0.161. The normalized spacial score (nSPS) is 12.6. The van der Waals surface area contributed by atoms with Gasteiger partial charge >= 0.3 is 5.97 Å². The maximum atomic E-state index is 14.4. The number of carbonyl (C=O) groups is 1. The summed E-state index contributed by atoms with van der Waals surface area (Å²) in [4.78, 5) is 12.0. The SMILES string of the molecule is CCC(C(=O)Oc1c(Sc2c(F)c(F)c(F)c(F)c2F)c(C)nn1C(C)(C)C)c1ccccc1. The number of rotatable bonds is 6. The zero-order chi connectivity index (χ0) is 25.4. The number of nitrogens with zero attached hydrogens (tertiary/aromatic N) is 2. The van der Waals surface area contributed by atoms with Crippen LogP contribution in [0.4, 0.5) is 22.0 Å². The number of hydrogen-bond acceptors (Lipinski definition) is 4. The first-order valence-electron chi connectivity index (χ1n) is 10.4. The van der Waals surface area contributed by atoms with Crippen molar-refractivity contribution in [2.75, 3.05) is 0 Å². The third-order valence-electron chi connectivity index (χ3n) is 5.07. The molecule has 3 aromatic rings. The fourth-order valence-electron chi connectivity index (χ4n) is 3.32. The van der Waals surface area contributed by atoms with E-state index in [1.807, 2.05) is 0 Å². The molecule has 3 rings (SSSR count). The first kappa shape index (κ1) is 25.7. The summed E-state index contributed by atoms with van der Waals surface area (Å²) in [7, 11) is 0. The summed E-state index contributed by atoms with van der Waals surface area (Å²) in [5, 5.41) is 4.32. The molecule has 10 heteroatoms. The lowest BCUT2D eigenvalue weighted by atomic mass is 9.97. The van der Waals surface area contributed by atoms with Crippen LogP contribution in [0.2, 0.25) is 0 Å². The second kappa shape index (κ2) is 9.77. The average molecular weight is 499 g/mol. The molecule has 0 aliphatic carbocycles. The summed E-state index contributed by atoms with van der Waals surface area (Å²) >= 11 is 0.268. The molecule has 2 aromatic carbocycles. The monoisotopic (exact) mass is 498 g/mol. The molecule has 1 heterocycles. The van der Waals surface area contributed by atoms with Gasteiger partial charge in [-0.05, 0) is 39.7 Å². The standard InChI is InChI=1S/C24H23F5N2O2S/c1-6-14(13-10-8-7-9-11-13)23(32)33-22-20(12(2)30-31(22)24(3,4)5)34-21-18(28)16(26)15(25)17(27)19(21)29/h7-11,14H,6H2,1-5H3. The Kier molecular flexibility index (Phi) is 7.40. The zero-order valence-electron chi connectivity index (χ0n) is 19.2. The maximum absolute atomic E-state index is 14.4. The van der Waals surface area contributed by atoms with E-state index >= 15 is 0 Å². The van der Waals surface area contributed by atoms with E-state index in [0.29, 0.717) is 12.0 Å². The third kappa shape index (κ3) is 4.82. The summed E-state index contributed by atoms with van der Waals surface area (Å²) in [6.45, 7) is 8.58. The smallest absolute Gasteiger partial charge is 0.320 e. The van der Waals surface area contributed by atoms with Crippen molar-refractivity contribution in [1.29, 1.82) is 0 Å². The molecule has 0 radical (unpaired) electrons. The molecule has 0 aliphatic heterocycles. The van der Waals surface area contributed by atoms with Crippen LogP contribution in [-0.4, -0.2) is 15.7 Å². The van der Waals surface area contributed by atoms with Gasteiger partial charge in [-0.1, -0.05) is 49.0 Å². The van der Waals surface area contributed by atoms with E-state index in [-0.39, 0.29) is 28.2 Å². The summed E-state index contributed by atoms with van der Waals surface area (Å²) in [5.41, 5.74) is 0.172. The minimum atomic E-state index is -2.25. The summed E-state index contributed by atoms with van der Waals surface area (Å²) in [5.74, 6) is -11.7. The topological polar surface area (TPSA) is 44.1 Å². The highest BCUT2D eigenvalue weighted by Crippen LogP contribution is 2.43. The van der Waals surface area contributed by atoms with Gasteiger partial charge in [-0.2, -0.15) is 5.10 Å². The molecule has 0 saturated carbocycles. The largest absolute Gasteiger partial charge is 0.406 e. The second-order valence-corrected chi connectivity index (χ2v) is 9.62. The van der Waals surface area contributed by atoms with Crippen molar-refractivity contribution in [3.8, 4) is 5.88 Å². The Morgan fingerprint density at radius 2 is 1.50 bits per heavy atom. The van der Waals surface area contributed by atoms with E-state index < -0.39 is 51.4 Å². The predicted octanol–water partition coefficient (Wildman–Crippen LogP) is 6.89. The molecule has 1 atom stereocenters. The van der Waals surface area contributed by atoms with Crippen molar-refractivity contribution < 1.29 is 31.5 Å². The Morgan fingerprint density at radius 3 is 2.00 bits per heavy atom. The zero-order valence-corrected chi connectivity index (χ0v) is 20.0. The lowest BCUT2D eigenvalue weighted by Gasteiger charge is -2.23. The van der Waals surface area contributed by atoms with Crippen molar-refractivity contribution in [2.24, 2.45) is 0 Å². The van der Waals surface area contributed by atoms with E-state index in [1.54, 1.807) is 58.0 Å². The predicted molar refractivity (Wildman–Crippen MR) is 117 cm³/mol. The Hall–Kier alpha value is -2.88. The first-order valence-corrected chi connectivity index (χ1v) is 11.3. The number of ether oxygens (including phenoxy) is 1. The molecule has 34 heavy (non-hydrogen) atoms. The number of aryl methyl sites for hydroxylation is 1. The third-order valence-corrected chi connectivity index (χ3v) is 6.30. The number of hydrogen-bond donors (Lipinski definition) is 0. The summed E-state index contributed by atoms with van der Waals surface area (Å²) in [6.07, 6.45) is 0.408. The van der Waals surface area contributed by atoms with Gasteiger partial charge in [0.2, 0.25) is 11.7 Å². The van der Waals surface area contributed by atoms with Gasteiger partial charge in [-0.3, -0.25) is 4.79 Å². The van der Waals surface area contributed by atoms with Crippen molar-refractivity contribution in [3.05, 3.63) is 70.7 Å². The van der Waals surface area contributed by atoms with Crippen LogP contribution >= 0.6 is 11.8 Å². The lowest BCUT2D eigenvalue weighted by molar-refractivity contribution is -0.137. The van der Waals surface area contributed by atoms with E-state index in [1.165, 1.54) is 11.6 Å². The van der Waals surface area contributed by atoms with E-state index in [4.69, 9.17) is 4.74 Å². The highest BCUT2D eigenvalue weighted by Gasteiger charge is 2.33. The highest BCUT2D eigenvalue weighted by atomic mass is 32.2. The van der Waals surface area contributed by atoms with Gasteiger partial charge in [0.1, 0.15) is 0 Å². The maximum Gasteiger partial charge on any atom is 0.320 e. The lowest BCUT2D eigenvalue weighted by Crippen LogP contribution is -2.27. The molecule has 0 saturated heterocycles. The van der Waals surface area contributed by atoms with Crippen molar-refractivity contribution in [3.63, 3.8) is 0 Å². The molecule has 1 unspecified atom stereocenters. The van der Waals surface area contributed by atoms with Gasteiger partial charge in [-0.25, -0.2) is 26.6 Å². The molecule has 0 aliphatic rings. The summed E-state index contributed by atoms with van der Waals surface area (Å²) in [6, 6.07) is 8.90. The summed E-state index contributed by atoms with van der Waals surface area (Å²) < 4.78 is 76.9. The molecule has 182 valence electrons. The van der Waals surface area contributed by atoms with E-state index in [9.17, 15) is 26.7 Å². The van der Waals surface area contributed by atoms with Crippen LogP contribution < -0.4 is 4.74 Å². The van der Waals surface area contributed by atoms with Gasteiger partial charge in [0.15, 0.2) is 23.3 Å². The van der Waals surface area contributed by atoms with Gasteiger partial charge in [-0.15, -0.1) is 0 Å². The van der Waals surface area contributed by atoms with Crippen LogP contribution in [0, 0.1) is 36.0 Å². The van der Waals surface area contributed by atoms with E-state index in [2.05, 4.69) is 5.10 Å². The number of halogens is 5. The highest BCUT2D eigenvalue weighted by molar-refractivity contribution is 7.99. The fraction of sp³-hybridized carbons (Fsp3) is 0.333. The molecule has 1 aromatic heterocycles. The molecule has 0 amide bonds. The Morgan fingerprint density at radius 1 is 0.971 bits per heavy atom. The minimum absolute atomic E-state index is 0.0330. The van der Waals surface area contributed by atoms with Gasteiger partial charge < -0.3 is 4.74 Å². The van der Waals surface area contributed by atoms with Crippen molar-refractivity contribution in [1.82, 2.24) is 9.78 Å². The van der Waals surface area contributed by atoms with Crippen molar-refractivity contribution >= 4 is 17.7 Å². The molecule has 4 nitrogen and oxygen atoms in total. The van der Waals surface area contributed by atoms with Crippen LogP contribution in [-0.2, 0) is 10.3 Å². The average Bonchev–Trinajstić information content (AvgIpc) is 3.10. The van der Waals surface area contributed by atoms with Crippen LogP contribution in [0.5, 0.6) is 5.88 Å². The minimum Gasteiger partial charge on any atom is -0.406 e. The van der Waals surface area contributed by atoms with Crippen LogP contribution in [0.1, 0.15) is 51.3 Å². The molecule has 0 N–H and O–H groups in total. The van der Waals surface area contributed by atoms with E-state index in [0.717, 1.165) is 0 Å². The Labute approximate surface area is 198 Å². The molecular weight excluding hydrogens is 475 g/mol. The number of carbonyl (C=O) groups excluding carboxylic acids is 1. The Bertz CT molecular complexity index is 1190. The van der Waals surface area contributed by atoms with Gasteiger partial charge in [0, 0.05) is 0 Å². The number of esters is 1. The van der Waals surface area contributed by atoms with Crippen LogP contribution in [0.25, 0.3) is 0 Å². The Balaban J connectivity index is 2.11. The molecule has 0 bridgehead atoms. The number of benzene rings is 2. The number of aromatic nitrogens is 2. The van der Waals surface area contributed by atoms with Gasteiger partial charge in [0.25, 0.3) is 0 Å².